The minimum atomic E-state index is -0.155. The number of hydrogen-bond acceptors (Lipinski definition) is 3. The topological polar surface area (TPSA) is 18.5 Å². The fourth-order valence-corrected chi connectivity index (χ4v) is 8.33. The molecule has 0 aliphatic rings. The largest absolute Gasteiger partial charge is 0.492 e. The molecule has 0 aromatic heterocycles. The maximum Gasteiger partial charge on any atom is 0.166 e. The molecule has 6 aromatic carbocycles. The fraction of sp³-hybridized carbons (Fsp3) is 0.200. The van der Waals surface area contributed by atoms with Crippen molar-refractivity contribution in [2.75, 3.05) is 13.2 Å². The Labute approximate surface area is 268 Å². The van der Waals surface area contributed by atoms with Gasteiger partial charge in [-0.15, -0.1) is 0 Å². The van der Waals surface area contributed by atoms with Crippen LogP contribution in [0.25, 0.3) is 21.5 Å². The van der Waals surface area contributed by atoms with Gasteiger partial charge in [-0.1, -0.05) is 99.1 Å². The van der Waals surface area contributed by atoms with Crippen molar-refractivity contribution in [3.05, 3.63) is 127 Å². The molecule has 0 spiro atoms. The zero-order valence-electron chi connectivity index (χ0n) is 25.5. The SMILES string of the molecule is CCCCOc1c2ccccc2c(OCCCC)c2cc(Sc3ccc([S+](c4ccccc4)c4ccccc4)cc3)ccc12. The van der Waals surface area contributed by atoms with E-state index in [1.807, 2.05) is 0 Å². The number of hydrogen-bond donors (Lipinski definition) is 0. The van der Waals surface area contributed by atoms with Crippen molar-refractivity contribution in [3.8, 4) is 11.5 Å². The molecule has 0 N–H and O–H groups in total. The van der Waals surface area contributed by atoms with Gasteiger partial charge in [0.2, 0.25) is 0 Å². The van der Waals surface area contributed by atoms with Crippen LogP contribution in [-0.4, -0.2) is 13.2 Å². The van der Waals surface area contributed by atoms with E-state index in [1.165, 1.54) is 24.5 Å². The second-order valence-electron chi connectivity index (χ2n) is 10.8. The molecule has 6 aromatic rings. The summed E-state index contributed by atoms with van der Waals surface area (Å²) in [5.41, 5.74) is 0. The van der Waals surface area contributed by atoms with Crippen molar-refractivity contribution in [1.82, 2.24) is 0 Å². The van der Waals surface area contributed by atoms with E-state index in [2.05, 4.69) is 141 Å². The molecular formula is C40H39O2S2+. The average molecular weight is 616 g/mol. The maximum absolute atomic E-state index is 6.52. The van der Waals surface area contributed by atoms with Crippen LogP contribution in [0.15, 0.2) is 152 Å². The molecule has 4 heteroatoms. The molecule has 0 aliphatic carbocycles. The zero-order chi connectivity index (χ0) is 30.1. The first kappa shape index (κ1) is 30.2. The van der Waals surface area contributed by atoms with Crippen LogP contribution in [0.3, 0.4) is 0 Å². The van der Waals surface area contributed by atoms with Crippen molar-refractivity contribution in [1.29, 1.82) is 0 Å². The minimum absolute atomic E-state index is 0.155. The van der Waals surface area contributed by atoms with Crippen LogP contribution in [0.2, 0.25) is 0 Å². The molecule has 0 radical (unpaired) electrons. The lowest BCUT2D eigenvalue weighted by Gasteiger charge is -2.18. The van der Waals surface area contributed by atoms with Gasteiger partial charge in [0.1, 0.15) is 11.5 Å². The van der Waals surface area contributed by atoms with Crippen molar-refractivity contribution >= 4 is 44.2 Å². The molecule has 0 amide bonds. The van der Waals surface area contributed by atoms with Crippen molar-refractivity contribution in [3.63, 3.8) is 0 Å². The Morgan fingerprint density at radius 3 is 1.48 bits per heavy atom. The number of benzene rings is 6. The van der Waals surface area contributed by atoms with Gasteiger partial charge in [-0.25, -0.2) is 0 Å². The van der Waals surface area contributed by atoms with Gasteiger partial charge < -0.3 is 9.47 Å². The molecule has 222 valence electrons. The van der Waals surface area contributed by atoms with E-state index in [-0.39, 0.29) is 10.9 Å². The summed E-state index contributed by atoms with van der Waals surface area (Å²) in [6, 6.07) is 46.0. The highest BCUT2D eigenvalue weighted by atomic mass is 32.2. The smallest absolute Gasteiger partial charge is 0.166 e. The van der Waals surface area contributed by atoms with Gasteiger partial charge in [0.15, 0.2) is 14.7 Å². The number of fused-ring (bicyclic) bond motifs is 2. The molecule has 0 heterocycles. The van der Waals surface area contributed by atoms with E-state index in [4.69, 9.17) is 9.47 Å². The van der Waals surface area contributed by atoms with Gasteiger partial charge in [-0.2, -0.15) is 0 Å². The molecule has 0 atom stereocenters. The first-order chi connectivity index (χ1) is 21.8. The first-order valence-corrected chi connectivity index (χ1v) is 17.7. The van der Waals surface area contributed by atoms with Crippen LogP contribution in [0.1, 0.15) is 39.5 Å². The third-order valence-corrected chi connectivity index (χ3v) is 10.9. The van der Waals surface area contributed by atoms with Crippen molar-refractivity contribution < 1.29 is 9.47 Å². The predicted octanol–water partition coefficient (Wildman–Crippen LogP) is 11.6. The van der Waals surface area contributed by atoms with Crippen LogP contribution in [0.4, 0.5) is 0 Å². The maximum atomic E-state index is 6.52. The Balaban J connectivity index is 1.35. The van der Waals surface area contributed by atoms with Gasteiger partial charge in [-0.3, -0.25) is 0 Å². The van der Waals surface area contributed by atoms with E-state index < -0.39 is 0 Å². The first-order valence-electron chi connectivity index (χ1n) is 15.6. The lowest BCUT2D eigenvalue weighted by atomic mass is 10.0. The van der Waals surface area contributed by atoms with Gasteiger partial charge in [0, 0.05) is 31.3 Å². The Morgan fingerprint density at radius 2 is 0.932 bits per heavy atom. The molecule has 0 aliphatic heterocycles. The van der Waals surface area contributed by atoms with Crippen LogP contribution < -0.4 is 9.47 Å². The van der Waals surface area contributed by atoms with E-state index in [1.54, 1.807) is 11.8 Å². The third-order valence-electron chi connectivity index (χ3n) is 7.64. The van der Waals surface area contributed by atoms with Crippen molar-refractivity contribution in [2.45, 2.75) is 64.0 Å². The summed E-state index contributed by atoms with van der Waals surface area (Å²) in [4.78, 5) is 6.37. The number of rotatable bonds is 13. The lowest BCUT2D eigenvalue weighted by molar-refractivity contribution is 0.311. The average Bonchev–Trinajstić information content (AvgIpc) is 3.07. The summed E-state index contributed by atoms with van der Waals surface area (Å²) in [5, 5.41) is 4.46. The zero-order valence-corrected chi connectivity index (χ0v) is 27.1. The fourth-order valence-electron chi connectivity index (χ4n) is 5.39. The molecule has 0 fully saturated rings. The van der Waals surface area contributed by atoms with E-state index >= 15 is 0 Å². The summed E-state index contributed by atoms with van der Waals surface area (Å²) in [5.74, 6) is 1.92. The molecular weight excluding hydrogens is 577 g/mol. The summed E-state index contributed by atoms with van der Waals surface area (Å²) in [6.07, 6.45) is 4.26. The molecule has 2 nitrogen and oxygen atoms in total. The van der Waals surface area contributed by atoms with Gasteiger partial charge >= 0.3 is 0 Å². The van der Waals surface area contributed by atoms with Gasteiger partial charge in [0.05, 0.1) is 24.1 Å². The highest BCUT2D eigenvalue weighted by Crippen LogP contribution is 2.45. The normalized spacial score (nSPS) is 11.3. The molecule has 0 saturated carbocycles. The van der Waals surface area contributed by atoms with Crippen LogP contribution >= 0.6 is 11.8 Å². The van der Waals surface area contributed by atoms with Crippen LogP contribution in [0.5, 0.6) is 11.5 Å². The minimum Gasteiger partial charge on any atom is -0.492 e. The highest BCUT2D eigenvalue weighted by Gasteiger charge is 2.28. The quantitative estimate of drug-likeness (QED) is 0.0731. The van der Waals surface area contributed by atoms with E-state index in [0.29, 0.717) is 13.2 Å². The van der Waals surface area contributed by atoms with Crippen LogP contribution in [-0.2, 0) is 10.9 Å². The molecule has 6 rings (SSSR count). The Morgan fingerprint density at radius 1 is 0.477 bits per heavy atom. The molecule has 0 unspecified atom stereocenters. The monoisotopic (exact) mass is 615 g/mol. The van der Waals surface area contributed by atoms with E-state index in [0.717, 1.165) is 58.7 Å². The Kier molecular flexibility index (Phi) is 10.1. The Bertz CT molecular complexity index is 1760. The van der Waals surface area contributed by atoms with E-state index in [9.17, 15) is 0 Å². The second-order valence-corrected chi connectivity index (χ2v) is 14.0. The number of unbranched alkanes of at least 4 members (excludes halogenated alkanes) is 2. The summed E-state index contributed by atoms with van der Waals surface area (Å²) in [6.45, 7) is 5.81. The second kappa shape index (κ2) is 14.7. The summed E-state index contributed by atoms with van der Waals surface area (Å²) < 4.78 is 13.0. The Hall–Kier alpha value is -3.86. The summed E-state index contributed by atoms with van der Waals surface area (Å²) in [7, 11) is -0.155. The highest BCUT2D eigenvalue weighted by molar-refractivity contribution is 7.99. The van der Waals surface area contributed by atoms with Crippen LogP contribution in [0, 0.1) is 0 Å². The lowest BCUT2D eigenvalue weighted by Crippen LogP contribution is -2.04. The summed E-state index contributed by atoms with van der Waals surface area (Å²) >= 11 is 1.79. The predicted molar refractivity (Wildman–Crippen MR) is 188 cm³/mol. The van der Waals surface area contributed by atoms with Gasteiger partial charge in [0.25, 0.3) is 0 Å². The molecule has 44 heavy (non-hydrogen) atoms. The third kappa shape index (κ3) is 6.77. The number of ether oxygens (including phenoxy) is 2. The standard InChI is InChI=1S/C40H39O2S2/c1-3-5-27-41-39-35-19-13-14-20-36(35)40(42-28-6-4-2)38-29-31(23-26-37(38)39)43-30-21-24-34(25-22-30)44(32-15-9-7-10-16-32)33-17-11-8-12-18-33/h7-26,29H,3-6,27-28H2,1-2H3/q+1. The van der Waals surface area contributed by atoms with Crippen molar-refractivity contribution in [2.24, 2.45) is 0 Å². The van der Waals surface area contributed by atoms with Gasteiger partial charge in [-0.05, 0) is 79.6 Å². The molecule has 0 saturated heterocycles. The molecule has 0 bridgehead atoms.